The number of thioether (sulfide) groups is 1. The first kappa shape index (κ1) is 11.2. The highest BCUT2D eigenvalue weighted by molar-refractivity contribution is 8.00. The molecule has 0 atom stereocenters. The Labute approximate surface area is 106 Å². The van der Waals surface area contributed by atoms with Crippen molar-refractivity contribution >= 4 is 22.7 Å². The van der Waals surface area contributed by atoms with Gasteiger partial charge < -0.3 is 10.3 Å². The van der Waals surface area contributed by atoms with E-state index in [1.54, 1.807) is 0 Å². The molecule has 1 aromatic heterocycles. The van der Waals surface area contributed by atoms with Gasteiger partial charge in [-0.3, -0.25) is 0 Å². The first-order valence-electron chi connectivity index (χ1n) is 6.14. The van der Waals surface area contributed by atoms with Gasteiger partial charge in [-0.1, -0.05) is 18.2 Å². The molecule has 0 bridgehead atoms. The number of H-pyrrole nitrogens is 1. The molecule has 3 heteroatoms. The van der Waals surface area contributed by atoms with E-state index in [0.29, 0.717) is 4.75 Å². The topological polar surface area (TPSA) is 27.8 Å². The largest absolute Gasteiger partial charge is 0.361 e. The number of nitrogens with one attached hydrogen (secondary N) is 2. The molecule has 0 saturated heterocycles. The lowest BCUT2D eigenvalue weighted by atomic mass is 10.1. The minimum Gasteiger partial charge on any atom is -0.361 e. The maximum atomic E-state index is 3.60. The number of para-hydroxylation sites is 1. The van der Waals surface area contributed by atoms with E-state index < -0.39 is 0 Å². The Hall–Kier alpha value is -0.930. The van der Waals surface area contributed by atoms with Crippen LogP contribution in [0.1, 0.15) is 18.4 Å². The summed E-state index contributed by atoms with van der Waals surface area (Å²) in [5, 5.41) is 4.90. The second-order valence-electron chi connectivity index (χ2n) is 4.85. The minimum atomic E-state index is 0.545. The van der Waals surface area contributed by atoms with Crippen LogP contribution in [-0.4, -0.2) is 22.5 Å². The van der Waals surface area contributed by atoms with Gasteiger partial charge in [-0.2, -0.15) is 11.8 Å². The summed E-state index contributed by atoms with van der Waals surface area (Å²) in [6.07, 6.45) is 6.97. The van der Waals surface area contributed by atoms with Crippen molar-refractivity contribution in [1.82, 2.24) is 10.3 Å². The lowest BCUT2D eigenvalue weighted by molar-refractivity contribution is 0.665. The summed E-state index contributed by atoms with van der Waals surface area (Å²) < 4.78 is 0.545. The summed E-state index contributed by atoms with van der Waals surface area (Å²) in [5.41, 5.74) is 2.64. The van der Waals surface area contributed by atoms with Crippen molar-refractivity contribution in [3.8, 4) is 0 Å². The first-order valence-corrected chi connectivity index (χ1v) is 7.36. The van der Waals surface area contributed by atoms with Crippen LogP contribution in [0.4, 0.5) is 0 Å². The molecule has 1 aliphatic carbocycles. The number of hydrogen-bond acceptors (Lipinski definition) is 2. The van der Waals surface area contributed by atoms with Crippen LogP contribution in [0.2, 0.25) is 0 Å². The van der Waals surface area contributed by atoms with E-state index in [1.165, 1.54) is 29.3 Å². The molecule has 2 nitrogen and oxygen atoms in total. The molecule has 0 unspecified atom stereocenters. The molecular weight excluding hydrogens is 228 g/mol. The van der Waals surface area contributed by atoms with Crippen molar-refractivity contribution in [1.29, 1.82) is 0 Å². The SMILES string of the molecule is CSC1(CNCc2cccc3cc[nH]c23)CC1. The molecule has 0 amide bonds. The van der Waals surface area contributed by atoms with E-state index in [1.807, 2.05) is 18.0 Å². The van der Waals surface area contributed by atoms with Gasteiger partial charge in [0.2, 0.25) is 0 Å². The maximum Gasteiger partial charge on any atom is 0.0499 e. The third-order valence-corrected chi connectivity index (χ3v) is 5.10. The van der Waals surface area contributed by atoms with E-state index in [4.69, 9.17) is 0 Å². The molecule has 90 valence electrons. The van der Waals surface area contributed by atoms with Gasteiger partial charge in [-0.25, -0.2) is 0 Å². The molecule has 0 spiro atoms. The quantitative estimate of drug-likeness (QED) is 0.848. The average Bonchev–Trinajstić information content (AvgIpc) is 2.97. The number of rotatable bonds is 5. The highest BCUT2D eigenvalue weighted by Gasteiger charge is 2.41. The third kappa shape index (κ3) is 2.22. The van der Waals surface area contributed by atoms with Crippen LogP contribution in [0, 0.1) is 0 Å². The fourth-order valence-electron chi connectivity index (χ4n) is 2.31. The Bertz CT molecular complexity index is 514. The molecule has 17 heavy (non-hydrogen) atoms. The minimum absolute atomic E-state index is 0.545. The Kier molecular flexibility index (Phi) is 2.89. The van der Waals surface area contributed by atoms with Crippen molar-refractivity contribution in [3.05, 3.63) is 36.0 Å². The first-order chi connectivity index (χ1) is 8.33. The average molecular weight is 246 g/mol. The fraction of sp³-hybridized carbons (Fsp3) is 0.429. The van der Waals surface area contributed by atoms with Crippen LogP contribution in [0.25, 0.3) is 10.9 Å². The van der Waals surface area contributed by atoms with Crippen molar-refractivity contribution in [3.63, 3.8) is 0 Å². The van der Waals surface area contributed by atoms with E-state index in [0.717, 1.165) is 13.1 Å². The molecule has 0 radical (unpaired) electrons. The van der Waals surface area contributed by atoms with Gasteiger partial charge in [0, 0.05) is 29.6 Å². The maximum absolute atomic E-state index is 3.60. The summed E-state index contributed by atoms with van der Waals surface area (Å²) in [6.45, 7) is 2.09. The Morgan fingerprint density at radius 1 is 1.35 bits per heavy atom. The fourth-order valence-corrected chi connectivity index (χ4v) is 3.07. The Morgan fingerprint density at radius 2 is 2.24 bits per heavy atom. The predicted molar refractivity (Wildman–Crippen MR) is 75.5 cm³/mol. The van der Waals surface area contributed by atoms with Gasteiger partial charge >= 0.3 is 0 Å². The van der Waals surface area contributed by atoms with Crippen LogP contribution in [-0.2, 0) is 6.54 Å². The summed E-state index contributed by atoms with van der Waals surface area (Å²) in [7, 11) is 0. The molecule has 3 rings (SSSR count). The lowest BCUT2D eigenvalue weighted by Crippen LogP contribution is -2.25. The monoisotopic (exact) mass is 246 g/mol. The molecule has 0 aliphatic heterocycles. The van der Waals surface area contributed by atoms with Crippen molar-refractivity contribution in [2.45, 2.75) is 24.1 Å². The Morgan fingerprint density at radius 3 is 3.00 bits per heavy atom. The predicted octanol–water partition coefficient (Wildman–Crippen LogP) is 3.15. The van der Waals surface area contributed by atoms with Gasteiger partial charge in [0.15, 0.2) is 0 Å². The lowest BCUT2D eigenvalue weighted by Gasteiger charge is -2.13. The highest BCUT2D eigenvalue weighted by atomic mass is 32.2. The number of benzene rings is 1. The molecule has 1 heterocycles. The number of hydrogen-bond donors (Lipinski definition) is 2. The van der Waals surface area contributed by atoms with Gasteiger partial charge in [-0.05, 0) is 36.1 Å². The van der Waals surface area contributed by atoms with E-state index in [9.17, 15) is 0 Å². The molecule has 1 aromatic carbocycles. The summed E-state index contributed by atoms with van der Waals surface area (Å²) in [6, 6.07) is 8.61. The normalized spacial score (nSPS) is 17.5. The van der Waals surface area contributed by atoms with Gasteiger partial charge in [0.25, 0.3) is 0 Å². The van der Waals surface area contributed by atoms with E-state index in [2.05, 4.69) is 40.8 Å². The van der Waals surface area contributed by atoms with Crippen LogP contribution in [0.3, 0.4) is 0 Å². The summed E-state index contributed by atoms with van der Waals surface area (Å²) in [5.74, 6) is 0. The zero-order valence-electron chi connectivity index (χ0n) is 10.1. The zero-order valence-corrected chi connectivity index (χ0v) is 10.9. The number of aromatic nitrogens is 1. The van der Waals surface area contributed by atoms with Gasteiger partial charge in [0.05, 0.1) is 0 Å². The van der Waals surface area contributed by atoms with Crippen LogP contribution in [0.15, 0.2) is 30.5 Å². The van der Waals surface area contributed by atoms with Gasteiger partial charge in [-0.15, -0.1) is 0 Å². The molecule has 1 fully saturated rings. The smallest absolute Gasteiger partial charge is 0.0499 e. The molecule has 1 aliphatic rings. The number of aromatic amines is 1. The van der Waals surface area contributed by atoms with Crippen LogP contribution >= 0.6 is 11.8 Å². The standard InChI is InChI=1S/C14H18N2S/c1-17-14(6-7-14)10-15-9-12-4-2-3-11-5-8-16-13(11)12/h2-5,8,15-16H,6-7,9-10H2,1H3. The highest BCUT2D eigenvalue weighted by Crippen LogP contribution is 2.46. The zero-order chi connectivity index (χ0) is 11.7. The summed E-state index contributed by atoms with van der Waals surface area (Å²) in [4.78, 5) is 3.32. The second-order valence-corrected chi connectivity index (χ2v) is 6.12. The molecule has 2 aromatic rings. The second kappa shape index (κ2) is 4.39. The molecule has 1 saturated carbocycles. The van der Waals surface area contributed by atoms with Crippen molar-refractivity contribution in [2.24, 2.45) is 0 Å². The van der Waals surface area contributed by atoms with Gasteiger partial charge in [0.1, 0.15) is 0 Å². The van der Waals surface area contributed by atoms with Crippen LogP contribution < -0.4 is 5.32 Å². The molecular formula is C14H18N2S. The summed E-state index contributed by atoms with van der Waals surface area (Å²) >= 11 is 2.01. The van der Waals surface area contributed by atoms with E-state index in [-0.39, 0.29) is 0 Å². The Balaban J connectivity index is 1.66. The van der Waals surface area contributed by atoms with E-state index >= 15 is 0 Å². The molecule has 2 N–H and O–H groups in total. The third-order valence-electron chi connectivity index (χ3n) is 3.68. The van der Waals surface area contributed by atoms with Crippen LogP contribution in [0.5, 0.6) is 0 Å². The van der Waals surface area contributed by atoms with Crippen molar-refractivity contribution in [2.75, 3.05) is 12.8 Å². The number of fused-ring (bicyclic) bond motifs is 1. The van der Waals surface area contributed by atoms with Crippen molar-refractivity contribution < 1.29 is 0 Å².